The maximum atomic E-state index is 12.0. The average molecular weight is 405 g/mol. The van der Waals surface area contributed by atoms with E-state index in [0.29, 0.717) is 15.2 Å². The molecule has 0 aliphatic heterocycles. The lowest BCUT2D eigenvalue weighted by Gasteiger charge is -2.03. The van der Waals surface area contributed by atoms with Gasteiger partial charge in [-0.2, -0.15) is 0 Å². The van der Waals surface area contributed by atoms with Gasteiger partial charge in [0.2, 0.25) is 0 Å². The van der Waals surface area contributed by atoms with Gasteiger partial charge in [0.1, 0.15) is 21.8 Å². The molecule has 8 heteroatoms. The van der Waals surface area contributed by atoms with Crippen molar-refractivity contribution in [1.82, 2.24) is 15.3 Å². The highest BCUT2D eigenvalue weighted by Gasteiger charge is 2.19. The van der Waals surface area contributed by atoms with E-state index in [1.165, 1.54) is 17.5 Å². The standard InChI is InChI=1S/C21H15N3O4S/c25-16(26)11-23-20(28)17-18(27)19-15(10-22-17)24-21(29-19)14-8-6-13(7-9-14)12-4-2-1-3-5-12/h1-10,27H,11H2,(H,23,28)(H,25,26). The van der Waals surface area contributed by atoms with Crippen molar-refractivity contribution < 1.29 is 19.8 Å². The molecule has 29 heavy (non-hydrogen) atoms. The van der Waals surface area contributed by atoms with Crippen LogP contribution < -0.4 is 5.32 Å². The summed E-state index contributed by atoms with van der Waals surface area (Å²) in [5, 5.41) is 22.0. The number of thiazole rings is 1. The number of aromatic nitrogens is 2. The molecule has 0 spiro atoms. The summed E-state index contributed by atoms with van der Waals surface area (Å²) >= 11 is 1.24. The number of aliphatic carboxylic acids is 1. The number of rotatable bonds is 5. The smallest absolute Gasteiger partial charge is 0.322 e. The lowest BCUT2D eigenvalue weighted by Crippen LogP contribution is -2.29. The fraction of sp³-hybridized carbons (Fsp3) is 0.0476. The van der Waals surface area contributed by atoms with E-state index in [0.717, 1.165) is 16.7 Å². The first-order chi connectivity index (χ1) is 14.0. The molecule has 0 saturated carbocycles. The highest BCUT2D eigenvalue weighted by molar-refractivity contribution is 7.22. The normalized spacial score (nSPS) is 10.8. The third-order valence-electron chi connectivity index (χ3n) is 4.26. The van der Waals surface area contributed by atoms with Gasteiger partial charge in [-0.3, -0.25) is 9.59 Å². The van der Waals surface area contributed by atoms with Gasteiger partial charge in [-0.15, -0.1) is 11.3 Å². The molecule has 1 amide bonds. The number of amides is 1. The summed E-state index contributed by atoms with van der Waals surface area (Å²) in [5.74, 6) is -2.25. The molecule has 2 aromatic heterocycles. The Morgan fingerprint density at radius 3 is 2.31 bits per heavy atom. The van der Waals surface area contributed by atoms with Gasteiger partial charge in [-0.25, -0.2) is 9.97 Å². The van der Waals surface area contributed by atoms with Crippen LogP contribution in [0.1, 0.15) is 10.5 Å². The van der Waals surface area contributed by atoms with E-state index in [1.807, 2.05) is 54.6 Å². The first kappa shape index (κ1) is 18.6. The Kier molecular flexibility index (Phi) is 4.92. The molecule has 4 rings (SSSR count). The van der Waals surface area contributed by atoms with Crippen molar-refractivity contribution >= 4 is 33.4 Å². The predicted octanol–water partition coefficient (Wildman–Crippen LogP) is 3.55. The highest BCUT2D eigenvalue weighted by Crippen LogP contribution is 2.37. The van der Waals surface area contributed by atoms with Crippen LogP contribution in [0.15, 0.2) is 60.8 Å². The molecule has 2 heterocycles. The van der Waals surface area contributed by atoms with E-state index in [2.05, 4.69) is 15.3 Å². The maximum Gasteiger partial charge on any atom is 0.322 e. The van der Waals surface area contributed by atoms with Gasteiger partial charge < -0.3 is 15.5 Å². The van der Waals surface area contributed by atoms with E-state index < -0.39 is 18.4 Å². The van der Waals surface area contributed by atoms with Crippen molar-refractivity contribution in [3.05, 3.63) is 66.5 Å². The van der Waals surface area contributed by atoms with Gasteiger partial charge >= 0.3 is 5.97 Å². The number of carbonyl (C=O) groups is 2. The Hall–Kier alpha value is -3.78. The van der Waals surface area contributed by atoms with Crippen LogP contribution in [0.5, 0.6) is 5.75 Å². The van der Waals surface area contributed by atoms with Crippen molar-refractivity contribution in [2.24, 2.45) is 0 Å². The van der Waals surface area contributed by atoms with E-state index in [-0.39, 0.29) is 11.4 Å². The van der Waals surface area contributed by atoms with Crippen LogP contribution in [-0.2, 0) is 4.79 Å². The Labute approximate surface area is 169 Å². The van der Waals surface area contributed by atoms with Crippen molar-refractivity contribution in [2.45, 2.75) is 0 Å². The quantitative estimate of drug-likeness (QED) is 0.468. The third kappa shape index (κ3) is 3.78. The van der Waals surface area contributed by atoms with Crippen LogP contribution in [0.25, 0.3) is 31.9 Å². The number of pyridine rings is 1. The van der Waals surface area contributed by atoms with Crippen LogP contribution >= 0.6 is 11.3 Å². The number of carboxylic acid groups (broad SMARTS) is 1. The first-order valence-corrected chi connectivity index (χ1v) is 9.49. The topological polar surface area (TPSA) is 112 Å². The van der Waals surface area contributed by atoms with Crippen LogP contribution in [0, 0.1) is 0 Å². The second-order valence-corrected chi connectivity index (χ2v) is 7.21. The van der Waals surface area contributed by atoms with Crippen molar-refractivity contribution in [1.29, 1.82) is 0 Å². The van der Waals surface area contributed by atoms with Crippen LogP contribution in [0.2, 0.25) is 0 Å². The summed E-state index contributed by atoms with van der Waals surface area (Å²) in [5.41, 5.74) is 3.31. The first-order valence-electron chi connectivity index (χ1n) is 8.67. The number of carboxylic acids is 1. The number of fused-ring (bicyclic) bond motifs is 1. The summed E-state index contributed by atoms with van der Waals surface area (Å²) in [6, 6.07) is 17.9. The second kappa shape index (κ2) is 7.69. The van der Waals surface area contributed by atoms with E-state index >= 15 is 0 Å². The molecule has 0 aliphatic carbocycles. The number of nitrogens with zero attached hydrogens (tertiary/aromatic N) is 2. The molecule has 7 nitrogen and oxygen atoms in total. The second-order valence-electron chi connectivity index (χ2n) is 6.21. The predicted molar refractivity (Wildman–Crippen MR) is 110 cm³/mol. The monoisotopic (exact) mass is 405 g/mol. The lowest BCUT2D eigenvalue weighted by atomic mass is 10.0. The van der Waals surface area contributed by atoms with E-state index in [9.17, 15) is 14.7 Å². The van der Waals surface area contributed by atoms with Crippen LogP contribution in [0.3, 0.4) is 0 Å². The molecule has 2 aromatic carbocycles. The number of nitrogens with one attached hydrogen (secondary N) is 1. The molecule has 0 atom stereocenters. The summed E-state index contributed by atoms with van der Waals surface area (Å²) < 4.78 is 0.419. The molecule has 0 unspecified atom stereocenters. The average Bonchev–Trinajstić information content (AvgIpc) is 3.18. The van der Waals surface area contributed by atoms with E-state index in [1.54, 1.807) is 0 Å². The highest BCUT2D eigenvalue weighted by atomic mass is 32.1. The zero-order valence-electron chi connectivity index (χ0n) is 15.0. The van der Waals surface area contributed by atoms with Gasteiger partial charge in [-0.05, 0) is 11.1 Å². The Morgan fingerprint density at radius 1 is 0.966 bits per heavy atom. The zero-order valence-corrected chi connectivity index (χ0v) is 15.8. The minimum Gasteiger partial charge on any atom is -0.504 e. The summed E-state index contributed by atoms with van der Waals surface area (Å²) in [7, 11) is 0. The number of benzene rings is 2. The largest absolute Gasteiger partial charge is 0.504 e. The van der Waals surface area contributed by atoms with Gasteiger partial charge in [0.05, 0.1) is 6.20 Å². The minimum atomic E-state index is -1.18. The Bertz CT molecular complexity index is 1200. The molecule has 4 aromatic rings. The van der Waals surface area contributed by atoms with Crippen LogP contribution in [0.4, 0.5) is 0 Å². The van der Waals surface area contributed by atoms with Crippen molar-refractivity contribution in [2.75, 3.05) is 6.54 Å². The van der Waals surface area contributed by atoms with Crippen molar-refractivity contribution in [3.63, 3.8) is 0 Å². The van der Waals surface area contributed by atoms with Gasteiger partial charge in [0, 0.05) is 5.56 Å². The molecular weight excluding hydrogens is 390 g/mol. The molecular formula is C21H15N3O4S. The molecule has 0 aliphatic rings. The fourth-order valence-corrected chi connectivity index (χ4v) is 3.84. The molecule has 0 bridgehead atoms. The molecule has 0 radical (unpaired) electrons. The fourth-order valence-electron chi connectivity index (χ4n) is 2.85. The number of carbonyl (C=O) groups excluding carboxylic acids is 1. The molecule has 0 saturated heterocycles. The van der Waals surface area contributed by atoms with Crippen molar-refractivity contribution in [3.8, 4) is 27.4 Å². The lowest BCUT2D eigenvalue weighted by molar-refractivity contribution is -0.135. The summed E-state index contributed by atoms with van der Waals surface area (Å²) in [4.78, 5) is 31.1. The zero-order chi connectivity index (χ0) is 20.4. The molecule has 0 fully saturated rings. The maximum absolute atomic E-state index is 12.0. The number of aromatic hydroxyl groups is 1. The van der Waals surface area contributed by atoms with Gasteiger partial charge in [0.15, 0.2) is 11.4 Å². The number of hydrogen-bond donors (Lipinski definition) is 3. The third-order valence-corrected chi connectivity index (χ3v) is 5.39. The summed E-state index contributed by atoms with van der Waals surface area (Å²) in [6.07, 6.45) is 1.39. The number of hydrogen-bond acceptors (Lipinski definition) is 6. The van der Waals surface area contributed by atoms with Gasteiger partial charge in [0.25, 0.3) is 5.91 Å². The van der Waals surface area contributed by atoms with Crippen LogP contribution in [-0.4, -0.2) is 38.6 Å². The Morgan fingerprint density at radius 2 is 1.62 bits per heavy atom. The summed E-state index contributed by atoms with van der Waals surface area (Å²) in [6.45, 7) is -0.556. The van der Waals surface area contributed by atoms with Gasteiger partial charge in [-0.1, -0.05) is 54.6 Å². The van der Waals surface area contributed by atoms with E-state index in [4.69, 9.17) is 5.11 Å². The molecule has 3 N–H and O–H groups in total. The molecule has 144 valence electrons. The Balaban J connectivity index is 1.64. The minimum absolute atomic E-state index is 0.228. The SMILES string of the molecule is O=C(O)CNC(=O)c1ncc2nc(-c3ccc(-c4ccccc4)cc3)sc2c1O.